The van der Waals surface area contributed by atoms with Crippen molar-refractivity contribution in [2.24, 2.45) is 11.7 Å². The number of carbonyl (C=O) groups is 1. The molecule has 0 saturated heterocycles. The Morgan fingerprint density at radius 3 is 2.67 bits per heavy atom. The molecule has 0 heterocycles. The summed E-state index contributed by atoms with van der Waals surface area (Å²) in [6.07, 6.45) is 4.76. The van der Waals surface area contributed by atoms with Crippen molar-refractivity contribution in [3.8, 4) is 11.1 Å². The van der Waals surface area contributed by atoms with Crippen molar-refractivity contribution in [1.82, 2.24) is 0 Å². The topological polar surface area (TPSA) is 55.1 Å². The standard InChI is InChI=1S/C20H22N2O.ClH/c21-19-7-3-5-14(19)12-20(23)22-16-8-9-18-15(11-16)10-13-4-1-2-6-17(13)18;/h1-2,4,6,8-9,11,14,19H,3,5,7,10,12,21H2,(H,22,23);1H/t14-,19+;/m0./s1. The van der Waals surface area contributed by atoms with Crippen molar-refractivity contribution in [2.75, 3.05) is 5.32 Å². The summed E-state index contributed by atoms with van der Waals surface area (Å²) in [6, 6.07) is 14.9. The lowest BCUT2D eigenvalue weighted by atomic mass is 9.99. The van der Waals surface area contributed by atoms with Gasteiger partial charge >= 0.3 is 0 Å². The van der Waals surface area contributed by atoms with E-state index in [1.807, 2.05) is 6.07 Å². The van der Waals surface area contributed by atoms with Crippen LogP contribution in [0.15, 0.2) is 42.5 Å². The van der Waals surface area contributed by atoms with Gasteiger partial charge in [-0.25, -0.2) is 0 Å². The van der Waals surface area contributed by atoms with Gasteiger partial charge in [-0.2, -0.15) is 0 Å². The van der Waals surface area contributed by atoms with Gasteiger partial charge in [-0.1, -0.05) is 36.8 Å². The largest absolute Gasteiger partial charge is 0.327 e. The van der Waals surface area contributed by atoms with Gasteiger partial charge in [0.25, 0.3) is 0 Å². The third-order valence-corrected chi connectivity index (χ3v) is 5.24. The second kappa shape index (κ2) is 6.96. The van der Waals surface area contributed by atoms with E-state index >= 15 is 0 Å². The third kappa shape index (κ3) is 3.19. The van der Waals surface area contributed by atoms with Gasteiger partial charge in [-0.05, 0) is 59.6 Å². The average molecular weight is 343 g/mol. The summed E-state index contributed by atoms with van der Waals surface area (Å²) >= 11 is 0. The highest BCUT2D eigenvalue weighted by Crippen LogP contribution is 2.37. The molecule has 4 rings (SSSR count). The zero-order valence-corrected chi connectivity index (χ0v) is 14.4. The van der Waals surface area contributed by atoms with Crippen LogP contribution in [-0.4, -0.2) is 11.9 Å². The van der Waals surface area contributed by atoms with Crippen molar-refractivity contribution in [3.05, 3.63) is 53.6 Å². The maximum absolute atomic E-state index is 12.3. The van der Waals surface area contributed by atoms with E-state index < -0.39 is 0 Å². The van der Waals surface area contributed by atoms with Crippen LogP contribution in [0.5, 0.6) is 0 Å². The fourth-order valence-electron chi connectivity index (χ4n) is 3.99. The molecule has 0 bridgehead atoms. The molecular formula is C20H23ClN2O. The summed E-state index contributed by atoms with van der Waals surface area (Å²) in [7, 11) is 0. The number of hydrogen-bond donors (Lipinski definition) is 2. The first-order chi connectivity index (χ1) is 11.2. The highest BCUT2D eigenvalue weighted by molar-refractivity contribution is 5.92. The Hall–Kier alpha value is -1.84. The van der Waals surface area contributed by atoms with Gasteiger partial charge in [0.2, 0.25) is 5.91 Å². The fourth-order valence-corrected chi connectivity index (χ4v) is 3.99. The Morgan fingerprint density at radius 2 is 1.88 bits per heavy atom. The van der Waals surface area contributed by atoms with Gasteiger partial charge in [0.1, 0.15) is 0 Å². The number of rotatable bonds is 3. The molecule has 1 saturated carbocycles. The van der Waals surface area contributed by atoms with Crippen LogP contribution < -0.4 is 11.1 Å². The second-order valence-corrected chi connectivity index (χ2v) is 6.81. The van der Waals surface area contributed by atoms with Crippen molar-refractivity contribution in [1.29, 1.82) is 0 Å². The number of halogens is 1. The molecule has 24 heavy (non-hydrogen) atoms. The number of amides is 1. The lowest BCUT2D eigenvalue weighted by molar-refractivity contribution is -0.117. The molecule has 1 fully saturated rings. The Kier molecular flexibility index (Phi) is 4.93. The molecule has 0 radical (unpaired) electrons. The van der Waals surface area contributed by atoms with E-state index in [0.717, 1.165) is 31.4 Å². The van der Waals surface area contributed by atoms with E-state index in [1.54, 1.807) is 0 Å². The maximum Gasteiger partial charge on any atom is 0.224 e. The van der Waals surface area contributed by atoms with Gasteiger partial charge in [0.15, 0.2) is 0 Å². The van der Waals surface area contributed by atoms with Gasteiger partial charge in [0.05, 0.1) is 0 Å². The number of nitrogens with one attached hydrogen (secondary N) is 1. The molecule has 2 aromatic rings. The lowest BCUT2D eigenvalue weighted by Crippen LogP contribution is -2.28. The lowest BCUT2D eigenvalue weighted by Gasteiger charge is -2.15. The number of hydrogen-bond acceptors (Lipinski definition) is 2. The van der Waals surface area contributed by atoms with Crippen LogP contribution >= 0.6 is 12.4 Å². The second-order valence-electron chi connectivity index (χ2n) is 6.81. The first kappa shape index (κ1) is 17.0. The number of carbonyl (C=O) groups excluding carboxylic acids is 1. The molecule has 1 amide bonds. The molecule has 3 N–H and O–H groups in total. The van der Waals surface area contributed by atoms with E-state index in [4.69, 9.17) is 5.73 Å². The number of anilines is 1. The smallest absolute Gasteiger partial charge is 0.224 e. The van der Waals surface area contributed by atoms with E-state index in [1.165, 1.54) is 22.3 Å². The predicted molar refractivity (Wildman–Crippen MR) is 100 cm³/mol. The monoisotopic (exact) mass is 342 g/mol. The predicted octanol–water partition coefficient (Wildman–Crippen LogP) is 4.14. The average Bonchev–Trinajstić information content (AvgIpc) is 3.10. The molecule has 2 aliphatic carbocycles. The molecule has 2 aromatic carbocycles. The quantitative estimate of drug-likeness (QED) is 0.751. The highest BCUT2D eigenvalue weighted by atomic mass is 35.5. The van der Waals surface area contributed by atoms with Crippen molar-refractivity contribution >= 4 is 24.0 Å². The Balaban J connectivity index is 0.00000169. The number of benzene rings is 2. The molecule has 2 atom stereocenters. The molecule has 4 heteroatoms. The normalized spacial score (nSPS) is 20.9. The molecule has 0 spiro atoms. The first-order valence-electron chi connectivity index (χ1n) is 8.47. The summed E-state index contributed by atoms with van der Waals surface area (Å²) in [5.41, 5.74) is 12.2. The highest BCUT2D eigenvalue weighted by Gasteiger charge is 2.26. The van der Waals surface area contributed by atoms with Gasteiger partial charge in [-0.15, -0.1) is 12.4 Å². The first-order valence-corrected chi connectivity index (χ1v) is 8.47. The van der Waals surface area contributed by atoms with Crippen molar-refractivity contribution in [2.45, 2.75) is 38.1 Å². The summed E-state index contributed by atoms with van der Waals surface area (Å²) in [5, 5.41) is 3.05. The van der Waals surface area contributed by atoms with Crippen LogP contribution in [0, 0.1) is 5.92 Å². The minimum absolute atomic E-state index is 0. The Morgan fingerprint density at radius 1 is 1.08 bits per heavy atom. The SMILES string of the molecule is Cl.N[C@@H]1CCC[C@H]1CC(=O)Nc1ccc2c(c1)Cc1ccccc1-2. The molecule has 2 aliphatic rings. The molecule has 3 nitrogen and oxygen atoms in total. The van der Waals surface area contributed by atoms with Crippen LogP contribution in [0.3, 0.4) is 0 Å². The van der Waals surface area contributed by atoms with E-state index in [9.17, 15) is 4.79 Å². The molecular weight excluding hydrogens is 320 g/mol. The van der Waals surface area contributed by atoms with Crippen molar-refractivity contribution in [3.63, 3.8) is 0 Å². The molecule has 0 unspecified atom stereocenters. The Labute approximate surface area is 149 Å². The van der Waals surface area contributed by atoms with Crippen molar-refractivity contribution < 1.29 is 4.79 Å². The summed E-state index contributed by atoms with van der Waals surface area (Å²) in [4.78, 5) is 12.3. The molecule has 0 aliphatic heterocycles. The van der Waals surface area contributed by atoms with E-state index in [2.05, 4.69) is 41.7 Å². The van der Waals surface area contributed by atoms with Crippen LogP contribution in [0.2, 0.25) is 0 Å². The zero-order valence-electron chi connectivity index (χ0n) is 13.6. The number of nitrogens with two attached hydrogens (primary N) is 1. The van der Waals surface area contributed by atoms with E-state index in [0.29, 0.717) is 12.3 Å². The van der Waals surface area contributed by atoms with E-state index in [-0.39, 0.29) is 24.4 Å². The van der Waals surface area contributed by atoms with Gasteiger partial charge in [0, 0.05) is 18.2 Å². The van der Waals surface area contributed by atoms with Gasteiger partial charge in [-0.3, -0.25) is 4.79 Å². The number of fused-ring (bicyclic) bond motifs is 3. The minimum Gasteiger partial charge on any atom is -0.327 e. The van der Waals surface area contributed by atoms with Crippen LogP contribution in [0.4, 0.5) is 5.69 Å². The molecule has 0 aromatic heterocycles. The van der Waals surface area contributed by atoms with Crippen LogP contribution in [-0.2, 0) is 11.2 Å². The summed E-state index contributed by atoms with van der Waals surface area (Å²) < 4.78 is 0. The summed E-state index contributed by atoms with van der Waals surface area (Å²) in [6.45, 7) is 0. The maximum atomic E-state index is 12.3. The Bertz CT molecular complexity index is 759. The zero-order chi connectivity index (χ0) is 15.8. The van der Waals surface area contributed by atoms with Crippen LogP contribution in [0.1, 0.15) is 36.8 Å². The fraction of sp³-hybridized carbons (Fsp3) is 0.350. The minimum atomic E-state index is 0. The van der Waals surface area contributed by atoms with Gasteiger partial charge < -0.3 is 11.1 Å². The summed E-state index contributed by atoms with van der Waals surface area (Å²) in [5.74, 6) is 0.427. The third-order valence-electron chi connectivity index (χ3n) is 5.24. The van der Waals surface area contributed by atoms with Crippen LogP contribution in [0.25, 0.3) is 11.1 Å². The molecule has 126 valence electrons.